The maximum atomic E-state index is 6.78. The Labute approximate surface area is 327 Å². The smallest absolute Gasteiger partial charge is 0.160 e. The molecule has 264 valence electrons. The van der Waals surface area contributed by atoms with E-state index in [1.165, 1.54) is 33.4 Å². The second kappa shape index (κ2) is 13.0. The van der Waals surface area contributed by atoms with Gasteiger partial charge in [-0.3, -0.25) is 0 Å². The first kappa shape index (κ1) is 32.3. The first-order valence-corrected chi connectivity index (χ1v) is 19.4. The minimum Gasteiger partial charge on any atom is -0.457 e. The highest BCUT2D eigenvalue weighted by molar-refractivity contribution is 5.95. The van der Waals surface area contributed by atoms with Crippen LogP contribution in [0.4, 0.5) is 0 Å². The van der Waals surface area contributed by atoms with Gasteiger partial charge in [-0.25, -0.2) is 9.97 Å². The van der Waals surface area contributed by atoms with Crippen molar-refractivity contribution < 1.29 is 4.74 Å². The van der Waals surface area contributed by atoms with E-state index < -0.39 is 5.41 Å². The van der Waals surface area contributed by atoms with Crippen LogP contribution in [0, 0.1) is 0 Å². The van der Waals surface area contributed by atoms with E-state index in [0.717, 1.165) is 74.7 Å². The summed E-state index contributed by atoms with van der Waals surface area (Å²) < 4.78 is 6.78. The van der Waals surface area contributed by atoms with Gasteiger partial charge in [0.2, 0.25) is 0 Å². The fraction of sp³-hybridized carbons (Fsp3) is 0.0566. The molecule has 1 aliphatic heterocycles. The lowest BCUT2D eigenvalue weighted by Gasteiger charge is -2.41. The third-order valence-corrected chi connectivity index (χ3v) is 11.7. The summed E-state index contributed by atoms with van der Waals surface area (Å²) in [6.07, 6.45) is 6.69. The van der Waals surface area contributed by atoms with Crippen LogP contribution in [0.2, 0.25) is 0 Å². The molecular weight excluding hydrogens is 681 g/mol. The molecule has 1 spiro atoms. The second-order valence-corrected chi connectivity index (χ2v) is 14.7. The van der Waals surface area contributed by atoms with Gasteiger partial charge in [-0.15, -0.1) is 0 Å². The third-order valence-electron chi connectivity index (χ3n) is 11.7. The van der Waals surface area contributed by atoms with Gasteiger partial charge in [0.15, 0.2) is 5.82 Å². The van der Waals surface area contributed by atoms with Crippen LogP contribution in [0.5, 0.6) is 11.5 Å². The molecule has 0 saturated heterocycles. The molecule has 0 saturated carbocycles. The largest absolute Gasteiger partial charge is 0.457 e. The van der Waals surface area contributed by atoms with Crippen LogP contribution >= 0.6 is 0 Å². The fourth-order valence-electron chi connectivity index (χ4n) is 9.31. The Balaban J connectivity index is 1.11. The molecule has 3 nitrogen and oxygen atoms in total. The Morgan fingerprint density at radius 2 is 1.02 bits per heavy atom. The predicted molar refractivity (Wildman–Crippen MR) is 227 cm³/mol. The summed E-state index contributed by atoms with van der Waals surface area (Å²) in [4.78, 5) is 10.3. The summed E-state index contributed by atoms with van der Waals surface area (Å²) in [5.74, 6) is 2.54. The van der Waals surface area contributed by atoms with Gasteiger partial charge in [-0.1, -0.05) is 170 Å². The number of para-hydroxylation sites is 1. The number of fused-ring (bicyclic) bond motifs is 8. The lowest BCUT2D eigenvalue weighted by molar-refractivity contribution is 0.432. The first-order valence-electron chi connectivity index (χ1n) is 19.4. The quantitative estimate of drug-likeness (QED) is 0.178. The summed E-state index contributed by atoms with van der Waals surface area (Å²) in [5.41, 5.74) is 16.8. The van der Waals surface area contributed by atoms with Gasteiger partial charge in [0.1, 0.15) is 11.5 Å². The van der Waals surface area contributed by atoms with Gasteiger partial charge in [0.05, 0.1) is 16.8 Å². The minimum atomic E-state index is -0.452. The molecule has 0 radical (unpaired) electrons. The Hall–Kier alpha value is -7.10. The average molecular weight is 717 g/mol. The normalized spacial score (nSPS) is 16.1. The number of aromatic nitrogens is 2. The summed E-state index contributed by atoms with van der Waals surface area (Å²) in [5, 5.41) is 0. The molecule has 3 aliphatic rings. The van der Waals surface area contributed by atoms with Crippen molar-refractivity contribution >= 4 is 5.57 Å². The molecule has 0 bridgehead atoms. The van der Waals surface area contributed by atoms with Gasteiger partial charge in [-0.2, -0.15) is 0 Å². The van der Waals surface area contributed by atoms with Crippen molar-refractivity contribution in [1.82, 2.24) is 9.97 Å². The highest BCUT2D eigenvalue weighted by Gasteiger charge is 2.52. The first-order chi connectivity index (χ1) is 27.8. The lowest BCUT2D eigenvalue weighted by atomic mass is 9.63. The van der Waals surface area contributed by atoms with Crippen LogP contribution in [0.1, 0.15) is 35.1 Å². The van der Waals surface area contributed by atoms with Crippen molar-refractivity contribution in [1.29, 1.82) is 0 Å². The van der Waals surface area contributed by atoms with Crippen LogP contribution in [-0.4, -0.2) is 9.97 Å². The van der Waals surface area contributed by atoms with Gasteiger partial charge in [0.25, 0.3) is 0 Å². The number of benzene rings is 7. The predicted octanol–water partition coefficient (Wildman–Crippen LogP) is 13.4. The number of allylic oxidation sites excluding steroid dienone is 4. The van der Waals surface area contributed by atoms with Crippen LogP contribution < -0.4 is 4.74 Å². The molecule has 1 unspecified atom stereocenters. The molecule has 11 rings (SSSR count). The highest BCUT2D eigenvalue weighted by atomic mass is 16.5. The van der Waals surface area contributed by atoms with Crippen molar-refractivity contribution in [3.05, 3.63) is 222 Å². The monoisotopic (exact) mass is 716 g/mol. The Kier molecular flexibility index (Phi) is 7.53. The number of hydrogen-bond donors (Lipinski definition) is 0. The van der Waals surface area contributed by atoms with Crippen molar-refractivity contribution in [2.45, 2.75) is 18.3 Å². The maximum absolute atomic E-state index is 6.78. The van der Waals surface area contributed by atoms with E-state index in [9.17, 15) is 0 Å². The lowest BCUT2D eigenvalue weighted by Crippen LogP contribution is -2.33. The van der Waals surface area contributed by atoms with E-state index in [2.05, 4.69) is 170 Å². The van der Waals surface area contributed by atoms with Crippen molar-refractivity contribution in [2.75, 3.05) is 0 Å². The summed E-state index contributed by atoms with van der Waals surface area (Å²) in [6.45, 7) is 0. The molecule has 0 amide bonds. The topological polar surface area (TPSA) is 35.0 Å². The number of nitrogens with zero attached hydrogens (tertiary/aromatic N) is 2. The average Bonchev–Trinajstić information content (AvgIpc) is 3.57. The Bertz CT molecular complexity index is 2830. The molecule has 7 aromatic carbocycles. The van der Waals surface area contributed by atoms with Crippen LogP contribution in [0.15, 0.2) is 200 Å². The van der Waals surface area contributed by atoms with E-state index in [-0.39, 0.29) is 0 Å². The SMILES string of the molecule is C1=CC2=C(CC1)C1(c3ccccc3Oc3ccc(-c4ccccc4-c4ccccc4-c4cc(-c5ccccc5)nc(-c5ccccc5)n4)cc31)c1ccccc12. The fourth-order valence-corrected chi connectivity index (χ4v) is 9.31. The zero-order chi connectivity index (χ0) is 37.1. The third kappa shape index (κ3) is 4.98. The van der Waals surface area contributed by atoms with Crippen LogP contribution in [0.3, 0.4) is 0 Å². The minimum absolute atomic E-state index is 0.452. The molecule has 56 heavy (non-hydrogen) atoms. The molecular formula is C53H36N2O. The van der Waals surface area contributed by atoms with E-state index in [0.29, 0.717) is 5.82 Å². The van der Waals surface area contributed by atoms with Crippen LogP contribution in [0.25, 0.3) is 61.7 Å². The summed E-state index contributed by atoms with van der Waals surface area (Å²) in [6, 6.07) is 64.6. The molecule has 1 aromatic heterocycles. The molecule has 2 aliphatic carbocycles. The van der Waals surface area contributed by atoms with E-state index in [4.69, 9.17) is 14.7 Å². The highest BCUT2D eigenvalue weighted by Crippen LogP contribution is 2.63. The standard InChI is InChI=1S/C53H36N2O/c1-3-17-35(18-4-1)48-34-49(55-52(54-48)36-19-5-2-6-20-36)43-26-10-9-23-40(43)39-22-8-7-21-38(39)37-31-32-51-47(33-37)53(46-29-15-16-30-50(46)56-51)44-27-13-11-24-41(44)42-25-12-14-28-45(42)53/h1-13,15-27,29-34H,14,28H2. The molecule has 0 fully saturated rings. The van der Waals surface area contributed by atoms with Gasteiger partial charge >= 0.3 is 0 Å². The molecule has 2 heterocycles. The van der Waals surface area contributed by atoms with Crippen molar-refractivity contribution in [2.24, 2.45) is 0 Å². The van der Waals surface area contributed by atoms with E-state index >= 15 is 0 Å². The Morgan fingerprint density at radius 1 is 0.429 bits per heavy atom. The number of rotatable bonds is 5. The van der Waals surface area contributed by atoms with Gasteiger partial charge < -0.3 is 4.74 Å². The molecule has 0 N–H and O–H groups in total. The number of ether oxygens (including phenoxy) is 1. The molecule has 8 aromatic rings. The van der Waals surface area contributed by atoms with Crippen molar-refractivity contribution in [3.8, 4) is 67.7 Å². The maximum Gasteiger partial charge on any atom is 0.160 e. The van der Waals surface area contributed by atoms with Crippen LogP contribution in [-0.2, 0) is 5.41 Å². The zero-order valence-electron chi connectivity index (χ0n) is 30.7. The molecule has 1 atom stereocenters. The second-order valence-electron chi connectivity index (χ2n) is 14.7. The number of hydrogen-bond acceptors (Lipinski definition) is 3. The van der Waals surface area contributed by atoms with E-state index in [1.54, 1.807) is 0 Å². The van der Waals surface area contributed by atoms with E-state index in [1.807, 2.05) is 24.3 Å². The summed E-state index contributed by atoms with van der Waals surface area (Å²) in [7, 11) is 0. The molecule has 3 heteroatoms. The summed E-state index contributed by atoms with van der Waals surface area (Å²) >= 11 is 0. The van der Waals surface area contributed by atoms with Gasteiger partial charge in [0, 0.05) is 27.8 Å². The zero-order valence-corrected chi connectivity index (χ0v) is 30.7. The Morgan fingerprint density at radius 3 is 1.80 bits per heavy atom. The van der Waals surface area contributed by atoms with Crippen molar-refractivity contribution in [3.63, 3.8) is 0 Å². The van der Waals surface area contributed by atoms with Gasteiger partial charge in [-0.05, 0) is 81.6 Å².